The summed E-state index contributed by atoms with van der Waals surface area (Å²) in [5, 5.41) is 20.6. The van der Waals surface area contributed by atoms with E-state index in [-0.39, 0.29) is 54.3 Å². The summed E-state index contributed by atoms with van der Waals surface area (Å²) < 4.78 is 125. The van der Waals surface area contributed by atoms with Crippen molar-refractivity contribution in [2.45, 2.75) is 118 Å². The third-order valence-electron chi connectivity index (χ3n) is 12.9. The van der Waals surface area contributed by atoms with Gasteiger partial charge in [0.2, 0.25) is 0 Å². The van der Waals surface area contributed by atoms with Crippen molar-refractivity contribution in [1.29, 1.82) is 0 Å². The maximum atomic E-state index is 14.1. The Labute approximate surface area is 538 Å². The molecule has 90 heavy (non-hydrogen) atoms. The van der Waals surface area contributed by atoms with Crippen LogP contribution in [0.1, 0.15) is 111 Å². The Morgan fingerprint density at radius 1 is 0.511 bits per heavy atom. The Balaban J connectivity index is 0.000000637. The maximum Gasteiger partial charge on any atom is 0.407 e. The van der Waals surface area contributed by atoms with E-state index in [1.165, 1.54) is 24.4 Å². The molecule has 494 valence electrons. The highest BCUT2D eigenvalue weighted by Crippen LogP contribution is 2.30. The van der Waals surface area contributed by atoms with Crippen molar-refractivity contribution in [2.24, 2.45) is 0 Å². The zero-order chi connectivity index (χ0) is 66.0. The second kappa shape index (κ2) is 37.6. The van der Waals surface area contributed by atoms with Crippen LogP contribution < -0.4 is 39.4 Å². The number of benzene rings is 6. The summed E-state index contributed by atoms with van der Waals surface area (Å²) in [6.45, 7) is 12.2. The van der Waals surface area contributed by atoms with Crippen LogP contribution in [0.2, 0.25) is 0 Å². The summed E-state index contributed by atoms with van der Waals surface area (Å²) in [6, 6.07) is 37.1. The second-order valence-electron chi connectivity index (χ2n) is 21.2. The van der Waals surface area contributed by atoms with Crippen molar-refractivity contribution in [3.8, 4) is 0 Å². The molecule has 0 aromatic heterocycles. The molecule has 6 rings (SSSR count). The molecule has 0 spiro atoms. The number of amides is 1. The van der Waals surface area contributed by atoms with Crippen LogP contribution in [-0.2, 0) is 18.9 Å². The maximum absolute atomic E-state index is 14.1. The molecule has 0 saturated heterocycles. The Kier molecular flexibility index (Phi) is 33.6. The van der Waals surface area contributed by atoms with E-state index in [9.17, 15) is 54.3 Å². The lowest BCUT2D eigenvalue weighted by Gasteiger charge is -2.22. The minimum Gasteiger partial charge on any atom is -1.00 e. The number of alkyl halides is 8. The Hall–Kier alpha value is -7.57. The van der Waals surface area contributed by atoms with Crippen LogP contribution in [-0.4, -0.2) is 103 Å². The number of halogens is 10. The van der Waals surface area contributed by atoms with Crippen molar-refractivity contribution < 1.29 is 96.5 Å². The van der Waals surface area contributed by atoms with E-state index in [1.54, 1.807) is 81.4 Å². The molecule has 0 aliphatic rings. The minimum absolute atomic E-state index is 0. The van der Waals surface area contributed by atoms with Crippen LogP contribution in [0.3, 0.4) is 0 Å². The van der Waals surface area contributed by atoms with Crippen molar-refractivity contribution in [1.82, 2.24) is 5.32 Å². The number of quaternary nitrogens is 1. The number of aliphatic hydroxyl groups is 1. The number of ether oxygens (including phenoxy) is 4. The van der Waals surface area contributed by atoms with E-state index in [0.717, 1.165) is 50.4 Å². The molecule has 0 fully saturated rings. The lowest BCUT2D eigenvalue weighted by atomic mass is 10.1. The lowest BCUT2D eigenvalue weighted by Crippen LogP contribution is -3.00. The number of hydrogen-bond donors (Lipinski definition) is 6. The minimum atomic E-state index is -3.46. The molecule has 6 aromatic carbocycles. The van der Waals surface area contributed by atoms with Gasteiger partial charge in [0.05, 0.1) is 40.3 Å². The largest absolute Gasteiger partial charge is 1.00 e. The van der Waals surface area contributed by atoms with Crippen molar-refractivity contribution in [3.05, 3.63) is 177 Å². The second-order valence-corrected chi connectivity index (χ2v) is 21.6. The molecule has 0 saturated carbocycles. The van der Waals surface area contributed by atoms with Gasteiger partial charge in [0.25, 0.3) is 17.8 Å². The molecule has 8 N–H and O–H groups in total. The summed E-state index contributed by atoms with van der Waals surface area (Å²) in [5.74, 6) is -15.0. The van der Waals surface area contributed by atoms with Gasteiger partial charge in [-0.15, -0.1) is 12.4 Å². The van der Waals surface area contributed by atoms with E-state index < -0.39 is 99.2 Å². The summed E-state index contributed by atoms with van der Waals surface area (Å²) in [5.41, 5.74) is 13.2. The summed E-state index contributed by atoms with van der Waals surface area (Å²) in [4.78, 5) is 48.5. The molecule has 6 aromatic rings. The van der Waals surface area contributed by atoms with Crippen molar-refractivity contribution >= 4 is 88.1 Å². The average Bonchev–Trinajstić information content (AvgIpc) is 3.30. The van der Waals surface area contributed by atoms with Gasteiger partial charge >= 0.3 is 29.9 Å². The van der Waals surface area contributed by atoms with Gasteiger partial charge in [-0.1, -0.05) is 91.9 Å². The number of aliphatic hydroxyl groups excluding tert-OH is 1. The number of thiocarbonyl (C=S) groups is 1. The standard InChI is InChI=1S/C23H28F2N2O4.C20H21F2NO2S.C18H20F2N2O2.C4H8F2O.2ClH/c1-15-9-8-12-18(16(15)2)27-19-11-7-6-10-17(19)20(28)30-14-23(24,25)13-26-21(29)31-22(3,4)5;1-14-7-5-10-17(15(14)2)23-18-9-4-3-8-16(18)19(24)25-13-20(21,22)11-6-12-26;1-12-6-5-9-15(13(12)2)22-16-8-4-3-7-14(16)17(23)24-11-18(19,20)10-21;1-2-4(5,6)3-7;;/h6-12,27H,13-14H2,1-5H3,(H,26,29);3-5,7-10,12,23H,6,11,13H2,1-2H3;3-9,22H,10-11,21H2,1-2H3;7H,2-3H2,1H3;2*1H. The molecule has 0 heterocycles. The fraction of sp³-hybridized carbons (Fsp3) is 0.369. The monoisotopic (exact) mass is 1330 g/mol. The van der Waals surface area contributed by atoms with E-state index in [1.807, 2.05) is 101 Å². The smallest absolute Gasteiger partial charge is 0.407 e. The van der Waals surface area contributed by atoms with Crippen LogP contribution in [0, 0.1) is 41.5 Å². The molecule has 0 radical (unpaired) electrons. The van der Waals surface area contributed by atoms with Gasteiger partial charge in [0, 0.05) is 29.9 Å². The van der Waals surface area contributed by atoms with Crippen LogP contribution in [0.25, 0.3) is 0 Å². The molecule has 0 aliphatic carbocycles. The summed E-state index contributed by atoms with van der Waals surface area (Å²) in [6.07, 6.45) is -1.61. The number of carbonyl (C=O) groups excluding carboxylic acids is 4. The predicted molar refractivity (Wildman–Crippen MR) is 337 cm³/mol. The number of nitrogens with one attached hydrogen (secondary N) is 4. The fourth-order valence-electron chi connectivity index (χ4n) is 7.24. The molecule has 14 nitrogen and oxygen atoms in total. The van der Waals surface area contributed by atoms with E-state index in [0.29, 0.717) is 17.1 Å². The number of carbonyl (C=O) groups is 4. The van der Waals surface area contributed by atoms with Crippen molar-refractivity contribution in [2.75, 3.05) is 55.5 Å². The van der Waals surface area contributed by atoms with Gasteiger partial charge in [0.15, 0.2) is 19.8 Å². The molecule has 0 atom stereocenters. The SMILES string of the molecule is CCC(F)(F)CO.Cc1cccc(Nc2ccccc2C(=O)OCC(F)(F)CCC=S)c1C.Cc1cccc(Nc2ccccc2C(=O)OCC(F)(F)CNC(=O)OC(C)(C)C)c1C.Cc1cccc(Nc2ccccc2C(=O)OCC(F)(F)C[NH3+])c1C.Cl.[Cl-]. The highest BCUT2D eigenvalue weighted by Gasteiger charge is 2.35. The lowest BCUT2D eigenvalue weighted by molar-refractivity contribution is -0.408. The first-order chi connectivity index (χ1) is 41.2. The summed E-state index contributed by atoms with van der Waals surface area (Å²) >= 11 is 4.56. The Morgan fingerprint density at radius 2 is 0.833 bits per heavy atom. The van der Waals surface area contributed by atoms with Gasteiger partial charge < -0.3 is 63.5 Å². The van der Waals surface area contributed by atoms with Crippen LogP contribution in [0.15, 0.2) is 127 Å². The van der Waals surface area contributed by atoms with Gasteiger partial charge in [0.1, 0.15) is 18.8 Å². The Morgan fingerprint density at radius 3 is 1.13 bits per heavy atom. The number of hydrogen-bond acceptors (Lipinski definition) is 13. The first-order valence-corrected chi connectivity index (χ1v) is 28.2. The van der Waals surface area contributed by atoms with Gasteiger partial charge in [-0.25, -0.2) is 45.5 Å². The average molecular weight is 1330 g/mol. The highest BCUT2D eigenvalue weighted by atomic mass is 35.5. The number of para-hydroxylation sites is 3. The van der Waals surface area contributed by atoms with Gasteiger partial charge in [-0.3, -0.25) is 0 Å². The molecule has 1 amide bonds. The van der Waals surface area contributed by atoms with E-state index in [4.69, 9.17) is 24.1 Å². The molecule has 0 aliphatic heterocycles. The van der Waals surface area contributed by atoms with Gasteiger partial charge in [-0.2, -0.15) is 8.78 Å². The molecule has 25 heteroatoms. The zero-order valence-corrected chi connectivity index (χ0v) is 54.1. The molecule has 0 bridgehead atoms. The third kappa shape index (κ3) is 28.1. The zero-order valence-electron chi connectivity index (χ0n) is 51.7. The number of esters is 3. The fourth-order valence-corrected chi connectivity index (χ4v) is 7.36. The predicted octanol–water partition coefficient (Wildman–Crippen LogP) is 12.5. The van der Waals surface area contributed by atoms with Crippen LogP contribution in [0.5, 0.6) is 0 Å². The quantitative estimate of drug-likeness (QED) is 0.0153. The van der Waals surface area contributed by atoms with E-state index >= 15 is 0 Å². The number of rotatable bonds is 23. The first kappa shape index (κ1) is 80.4. The van der Waals surface area contributed by atoms with Crippen LogP contribution >= 0.6 is 24.6 Å². The number of aryl methyl sites for hydroxylation is 3. The van der Waals surface area contributed by atoms with E-state index in [2.05, 4.69) is 33.9 Å². The topological polar surface area (TPSA) is 201 Å². The first-order valence-electron chi connectivity index (χ1n) is 27.8. The molecular weight excluding hydrogens is 1250 g/mol. The van der Waals surface area contributed by atoms with Gasteiger partial charge in [-0.05, 0) is 162 Å². The number of anilines is 6. The number of alkyl carbamates (subject to hydrolysis) is 1. The van der Waals surface area contributed by atoms with Crippen molar-refractivity contribution in [3.63, 3.8) is 0 Å². The normalized spacial score (nSPS) is 11.1. The third-order valence-corrected chi connectivity index (χ3v) is 13.2. The van der Waals surface area contributed by atoms with Crippen LogP contribution in [0.4, 0.5) is 74.0 Å². The highest BCUT2D eigenvalue weighted by molar-refractivity contribution is 7.78. The summed E-state index contributed by atoms with van der Waals surface area (Å²) in [7, 11) is 0. The Bertz CT molecular complexity index is 3280. The molecule has 0 unspecified atom stereocenters. The molecular formula is C65H79Cl2F8N5O9S.